The van der Waals surface area contributed by atoms with E-state index in [0.717, 1.165) is 4.09 Å². The Morgan fingerprint density at radius 1 is 1.00 bits per heavy atom. The van der Waals surface area contributed by atoms with Crippen molar-refractivity contribution >= 4 is 48.8 Å². The molecule has 0 spiro atoms. The number of hydrogen-bond donors (Lipinski definition) is 2. The number of likely N-dealkylation sites (tertiary alicyclic amines) is 1. The van der Waals surface area contributed by atoms with Gasteiger partial charge < -0.3 is 15.5 Å². The molecule has 0 atom stereocenters. The maximum atomic E-state index is 13.3. The molecule has 15 nitrogen and oxygen atoms in total. The minimum absolute atomic E-state index is 0.0384. The summed E-state index contributed by atoms with van der Waals surface area (Å²) in [6, 6.07) is 3.29. The number of nitrogens with zero attached hydrogens (tertiary/aromatic N) is 8. The van der Waals surface area contributed by atoms with Crippen LogP contribution in [0.3, 0.4) is 0 Å². The summed E-state index contributed by atoms with van der Waals surface area (Å²) in [5, 5.41) is 14.1. The third-order valence-corrected chi connectivity index (χ3v) is 9.95. The van der Waals surface area contributed by atoms with E-state index < -0.39 is 25.1 Å². The molecule has 0 unspecified atom stereocenters. The highest BCUT2D eigenvalue weighted by Crippen LogP contribution is 2.31. The lowest BCUT2D eigenvalue weighted by Crippen LogP contribution is -2.52. The van der Waals surface area contributed by atoms with Crippen molar-refractivity contribution in [2.24, 2.45) is 13.0 Å². The molecule has 2 aliphatic rings. The molecule has 4 aromatic rings. The summed E-state index contributed by atoms with van der Waals surface area (Å²) in [5.41, 5.74) is 1.89. The Kier molecular flexibility index (Phi) is 6.92. The van der Waals surface area contributed by atoms with Crippen molar-refractivity contribution in [3.63, 3.8) is 0 Å². The molecule has 0 radical (unpaired) electrons. The molecule has 220 valence electrons. The molecule has 1 aliphatic heterocycles. The average molecular weight is 613 g/mol. The van der Waals surface area contributed by atoms with Gasteiger partial charge in [-0.2, -0.15) is 14.3 Å². The van der Waals surface area contributed by atoms with Crippen LogP contribution in [0.25, 0.3) is 11.4 Å². The molecule has 5 heterocycles. The third-order valence-electron chi connectivity index (χ3n) is 6.84. The van der Waals surface area contributed by atoms with Gasteiger partial charge in [0.25, 0.3) is 15.9 Å². The number of hydrogen-bond acceptors (Lipinski definition) is 12. The van der Waals surface area contributed by atoms with Crippen LogP contribution < -0.4 is 10.6 Å². The smallest absolute Gasteiger partial charge is 0.257 e. The average Bonchev–Trinajstić information content (AvgIpc) is 3.52. The quantitative estimate of drug-likeness (QED) is 0.263. The molecule has 42 heavy (non-hydrogen) atoms. The van der Waals surface area contributed by atoms with Crippen LogP contribution in [0.5, 0.6) is 0 Å². The fourth-order valence-electron chi connectivity index (χ4n) is 4.66. The molecule has 0 aromatic carbocycles. The van der Waals surface area contributed by atoms with Gasteiger partial charge in [0, 0.05) is 57.0 Å². The zero-order valence-corrected chi connectivity index (χ0v) is 24.4. The van der Waals surface area contributed by atoms with Crippen LogP contribution in [-0.4, -0.2) is 91.9 Å². The second-order valence-electron chi connectivity index (χ2n) is 10.5. The maximum absolute atomic E-state index is 13.3. The third kappa shape index (κ3) is 5.96. The van der Waals surface area contributed by atoms with E-state index >= 15 is 0 Å². The highest BCUT2D eigenvalue weighted by atomic mass is 32.2. The van der Waals surface area contributed by atoms with E-state index in [2.05, 4.69) is 35.8 Å². The number of carbonyl (C=O) groups excluding carboxylic acids is 1. The maximum Gasteiger partial charge on any atom is 0.257 e. The van der Waals surface area contributed by atoms with E-state index in [1.54, 1.807) is 41.2 Å². The first kappa shape index (κ1) is 27.8. The highest BCUT2D eigenvalue weighted by Gasteiger charge is 2.38. The van der Waals surface area contributed by atoms with Crippen LogP contribution in [0, 0.1) is 5.92 Å². The number of sulfone groups is 1. The van der Waals surface area contributed by atoms with Crippen LogP contribution in [0.4, 0.5) is 23.0 Å². The Hall–Kier alpha value is -4.38. The minimum atomic E-state index is -3.51. The summed E-state index contributed by atoms with van der Waals surface area (Å²) in [7, 11) is -4.87. The molecular weight excluding hydrogens is 584 g/mol. The monoisotopic (exact) mass is 612 g/mol. The van der Waals surface area contributed by atoms with Crippen LogP contribution in [0.1, 0.15) is 23.2 Å². The summed E-state index contributed by atoms with van der Waals surface area (Å²) in [6.07, 6.45) is 11.6. The first-order valence-corrected chi connectivity index (χ1v) is 16.6. The van der Waals surface area contributed by atoms with Gasteiger partial charge in [-0.1, -0.05) is 0 Å². The zero-order valence-electron chi connectivity index (χ0n) is 22.7. The number of aromatic nitrogens is 7. The van der Waals surface area contributed by atoms with E-state index in [1.807, 2.05) is 0 Å². The van der Waals surface area contributed by atoms with Gasteiger partial charge in [0.2, 0.25) is 0 Å². The Balaban J connectivity index is 1.23. The molecule has 1 saturated carbocycles. The number of rotatable bonds is 10. The molecule has 6 rings (SSSR count). The molecule has 0 bridgehead atoms. The van der Waals surface area contributed by atoms with Crippen molar-refractivity contribution in [2.45, 2.75) is 18.1 Å². The van der Waals surface area contributed by atoms with E-state index in [9.17, 15) is 21.6 Å². The molecule has 1 amide bonds. The van der Waals surface area contributed by atoms with Crippen molar-refractivity contribution in [3.8, 4) is 11.4 Å². The summed E-state index contributed by atoms with van der Waals surface area (Å²) in [6.45, 7) is 0.695. The molecule has 2 fully saturated rings. The number of anilines is 4. The van der Waals surface area contributed by atoms with Crippen molar-refractivity contribution < 1.29 is 21.6 Å². The van der Waals surface area contributed by atoms with Gasteiger partial charge >= 0.3 is 0 Å². The van der Waals surface area contributed by atoms with Gasteiger partial charge in [-0.05, 0) is 18.9 Å². The molecule has 1 aliphatic carbocycles. The predicted molar refractivity (Wildman–Crippen MR) is 154 cm³/mol. The number of nitrogens with one attached hydrogen (secondary N) is 2. The number of pyridine rings is 1. The summed E-state index contributed by atoms with van der Waals surface area (Å²) in [4.78, 5) is 28.1. The lowest BCUT2D eigenvalue weighted by atomic mass is 10.0. The molecule has 1 saturated heterocycles. The van der Waals surface area contributed by atoms with Gasteiger partial charge in [0.1, 0.15) is 21.5 Å². The Bertz CT molecular complexity index is 1880. The second-order valence-corrected chi connectivity index (χ2v) is 14.8. The summed E-state index contributed by atoms with van der Waals surface area (Å²) in [5.74, 6) is 0.722. The molecule has 2 N–H and O–H groups in total. The Morgan fingerprint density at radius 3 is 2.48 bits per heavy atom. The zero-order chi connectivity index (χ0) is 29.6. The summed E-state index contributed by atoms with van der Waals surface area (Å²) < 4.78 is 50.8. The first-order chi connectivity index (χ1) is 19.9. The second kappa shape index (κ2) is 10.5. The Labute approximate surface area is 242 Å². The van der Waals surface area contributed by atoms with E-state index in [1.165, 1.54) is 31.0 Å². The lowest BCUT2D eigenvalue weighted by Gasteiger charge is -2.39. The fourth-order valence-corrected chi connectivity index (χ4v) is 7.20. The van der Waals surface area contributed by atoms with Crippen LogP contribution >= 0.6 is 0 Å². The fraction of sp³-hybridized carbons (Fsp3) is 0.360. The normalized spacial score (nSPS) is 15.8. The van der Waals surface area contributed by atoms with Crippen molar-refractivity contribution in [1.82, 2.24) is 38.8 Å². The highest BCUT2D eigenvalue weighted by molar-refractivity contribution is 7.90. The first-order valence-electron chi connectivity index (χ1n) is 13.1. The molecule has 4 aromatic heterocycles. The number of carbonyl (C=O) groups is 1. The van der Waals surface area contributed by atoms with Gasteiger partial charge in [-0.3, -0.25) is 9.48 Å². The van der Waals surface area contributed by atoms with Crippen molar-refractivity contribution in [1.29, 1.82) is 0 Å². The van der Waals surface area contributed by atoms with Gasteiger partial charge in [-0.15, -0.1) is 0 Å². The van der Waals surface area contributed by atoms with Gasteiger partial charge in [0.15, 0.2) is 5.82 Å². The number of amides is 1. The Morgan fingerprint density at radius 2 is 1.79 bits per heavy atom. The SMILES string of the molecule is Cn1cc(Nc2cc(Nc3ccnc(-c4cnn(S(=O)(=O)C5CC5)c4)n3)ncc2C(=O)N2CC(CS(C)(=O)=O)C2)cn1. The van der Waals surface area contributed by atoms with E-state index in [4.69, 9.17) is 0 Å². The van der Waals surface area contributed by atoms with E-state index in [-0.39, 0.29) is 23.4 Å². The summed E-state index contributed by atoms with van der Waals surface area (Å²) >= 11 is 0. The van der Waals surface area contributed by atoms with Crippen molar-refractivity contribution in [3.05, 3.63) is 54.9 Å². The minimum Gasteiger partial charge on any atom is -0.352 e. The van der Waals surface area contributed by atoms with Gasteiger partial charge in [-0.25, -0.2) is 31.8 Å². The lowest BCUT2D eigenvalue weighted by molar-refractivity contribution is 0.0535. The molecular formula is C25H28N10O5S2. The van der Waals surface area contributed by atoms with Gasteiger partial charge in [0.05, 0.1) is 52.1 Å². The number of aryl methyl sites for hydroxylation is 1. The van der Waals surface area contributed by atoms with Crippen LogP contribution in [0.2, 0.25) is 0 Å². The standard InChI is InChI=1S/C25H28N10O5S2/c1-33-14-18(9-28-33)30-21-7-23(27-10-20(21)25(36)34-11-16(12-34)15-41(2,37)38)31-22-5-6-26-24(32-22)17-8-29-35(13-17)42(39,40)19-3-4-19/h5-10,13-14,16,19H,3-4,11-12,15H2,1-2H3,(H2,26,27,30,31,32). The van der Waals surface area contributed by atoms with Crippen LogP contribution in [-0.2, 0) is 26.9 Å². The van der Waals surface area contributed by atoms with E-state index in [0.29, 0.717) is 60.1 Å². The topological polar surface area (TPSA) is 187 Å². The molecule has 17 heteroatoms. The predicted octanol–water partition coefficient (Wildman–Crippen LogP) is 1.41. The van der Waals surface area contributed by atoms with Crippen molar-refractivity contribution in [2.75, 3.05) is 35.7 Å². The van der Waals surface area contributed by atoms with Crippen LogP contribution in [0.15, 0.2) is 49.3 Å². The largest absolute Gasteiger partial charge is 0.352 e.